The van der Waals surface area contributed by atoms with Crippen LogP contribution < -0.4 is 14.2 Å². The van der Waals surface area contributed by atoms with Crippen molar-refractivity contribution in [3.63, 3.8) is 0 Å². The molecule has 0 aliphatic heterocycles. The van der Waals surface area contributed by atoms with E-state index in [9.17, 15) is 8.42 Å². The molecule has 2 aromatic rings. The predicted octanol–water partition coefficient (Wildman–Crippen LogP) is 2.88. The van der Waals surface area contributed by atoms with Gasteiger partial charge in [-0.25, -0.2) is 13.1 Å². The molecule has 0 amide bonds. The Labute approximate surface area is 154 Å². The Bertz CT molecular complexity index is 889. The molecule has 0 saturated carbocycles. The minimum Gasteiger partial charge on any atom is -0.496 e. The van der Waals surface area contributed by atoms with Gasteiger partial charge in [-0.3, -0.25) is 0 Å². The lowest BCUT2D eigenvalue weighted by molar-refractivity contribution is 0.339. The van der Waals surface area contributed by atoms with Gasteiger partial charge in [0.15, 0.2) is 0 Å². The van der Waals surface area contributed by atoms with E-state index in [4.69, 9.17) is 14.7 Å². The Morgan fingerprint density at radius 3 is 2.62 bits per heavy atom. The first-order valence-corrected chi connectivity index (χ1v) is 9.78. The van der Waals surface area contributed by atoms with E-state index < -0.39 is 10.0 Å². The van der Waals surface area contributed by atoms with Gasteiger partial charge in [0.2, 0.25) is 10.0 Å². The molecule has 1 N–H and O–H groups in total. The molecule has 26 heavy (non-hydrogen) atoms. The molecule has 0 aromatic heterocycles. The zero-order chi connectivity index (χ0) is 19.0. The van der Waals surface area contributed by atoms with Crippen LogP contribution in [0.2, 0.25) is 0 Å². The fourth-order valence-electron chi connectivity index (χ4n) is 2.52. The lowest BCUT2D eigenvalue weighted by Gasteiger charge is -2.10. The number of hydrogen-bond acceptors (Lipinski definition) is 5. The van der Waals surface area contributed by atoms with Gasteiger partial charge < -0.3 is 9.47 Å². The number of nitrogens with one attached hydrogen (secondary N) is 1. The quantitative estimate of drug-likeness (QED) is 0.682. The maximum atomic E-state index is 12.4. The van der Waals surface area contributed by atoms with Gasteiger partial charge in [-0.2, -0.15) is 5.26 Å². The van der Waals surface area contributed by atoms with Crippen LogP contribution in [-0.4, -0.2) is 28.7 Å². The second-order valence-corrected chi connectivity index (χ2v) is 7.28. The first-order chi connectivity index (χ1) is 12.5. The molecule has 0 atom stereocenters. The molecule has 6 nitrogen and oxygen atoms in total. The van der Waals surface area contributed by atoms with Gasteiger partial charge in [0.1, 0.15) is 17.6 Å². The third-order valence-electron chi connectivity index (χ3n) is 3.79. The van der Waals surface area contributed by atoms with Crippen molar-refractivity contribution >= 4 is 10.0 Å². The number of hydrogen-bond donors (Lipinski definition) is 1. The Balaban J connectivity index is 1.99. The van der Waals surface area contributed by atoms with Gasteiger partial charge in [-0.15, -0.1) is 0 Å². The van der Waals surface area contributed by atoms with Gasteiger partial charge in [0, 0.05) is 6.54 Å². The Morgan fingerprint density at radius 1 is 1.15 bits per heavy atom. The van der Waals surface area contributed by atoms with Crippen molar-refractivity contribution in [1.29, 1.82) is 5.26 Å². The maximum Gasteiger partial charge on any atom is 0.240 e. The molecule has 2 rings (SSSR count). The van der Waals surface area contributed by atoms with Gasteiger partial charge in [-0.1, -0.05) is 18.2 Å². The molecular weight excluding hydrogens is 352 g/mol. The SMILES string of the molecule is CCOc1ccc(S(=O)(=O)NCCCc2ccccc2OC)cc1C#N. The fourth-order valence-corrected chi connectivity index (χ4v) is 3.62. The standard InChI is InChI=1S/C19H22N2O4S/c1-3-25-19-11-10-17(13-16(19)14-20)26(22,23)21-12-6-8-15-7-4-5-9-18(15)24-2/h4-5,7,9-11,13,21H,3,6,8,12H2,1-2H3. The highest BCUT2D eigenvalue weighted by Gasteiger charge is 2.16. The van der Waals surface area contributed by atoms with E-state index in [1.54, 1.807) is 14.0 Å². The average molecular weight is 374 g/mol. The average Bonchev–Trinajstić information content (AvgIpc) is 2.66. The summed E-state index contributed by atoms with van der Waals surface area (Å²) < 4.78 is 38.0. The Hall–Kier alpha value is -2.56. The van der Waals surface area contributed by atoms with Gasteiger partial charge >= 0.3 is 0 Å². The van der Waals surface area contributed by atoms with Crippen LogP contribution in [0.25, 0.3) is 0 Å². The normalized spacial score (nSPS) is 11.0. The van der Waals surface area contributed by atoms with E-state index in [1.807, 2.05) is 30.3 Å². The number of sulfonamides is 1. The lowest BCUT2D eigenvalue weighted by atomic mass is 10.1. The van der Waals surface area contributed by atoms with Crippen molar-refractivity contribution in [3.05, 3.63) is 53.6 Å². The highest BCUT2D eigenvalue weighted by molar-refractivity contribution is 7.89. The monoisotopic (exact) mass is 374 g/mol. The number of ether oxygens (including phenoxy) is 2. The summed E-state index contributed by atoms with van der Waals surface area (Å²) in [6.07, 6.45) is 1.32. The first-order valence-electron chi connectivity index (χ1n) is 8.30. The third kappa shape index (κ3) is 4.97. The highest BCUT2D eigenvalue weighted by atomic mass is 32.2. The van der Waals surface area contributed by atoms with Crippen molar-refractivity contribution < 1.29 is 17.9 Å². The van der Waals surface area contributed by atoms with E-state index >= 15 is 0 Å². The molecule has 0 radical (unpaired) electrons. The minimum atomic E-state index is -3.68. The molecule has 0 unspecified atom stereocenters. The number of para-hydroxylation sites is 1. The molecule has 0 bridgehead atoms. The molecule has 0 fully saturated rings. The van der Waals surface area contributed by atoms with Gasteiger partial charge in [-0.05, 0) is 49.6 Å². The molecule has 7 heteroatoms. The smallest absolute Gasteiger partial charge is 0.240 e. The zero-order valence-electron chi connectivity index (χ0n) is 14.9. The van der Waals surface area contributed by atoms with Crippen molar-refractivity contribution in [3.8, 4) is 17.6 Å². The molecule has 0 aliphatic carbocycles. The summed E-state index contributed by atoms with van der Waals surface area (Å²) in [6, 6.07) is 13.9. The number of nitriles is 1. The summed E-state index contributed by atoms with van der Waals surface area (Å²) in [5, 5.41) is 9.17. The molecular formula is C19H22N2O4S. The van der Waals surface area contributed by atoms with Crippen LogP contribution >= 0.6 is 0 Å². The number of methoxy groups -OCH3 is 1. The van der Waals surface area contributed by atoms with Crippen LogP contribution in [0.1, 0.15) is 24.5 Å². The summed E-state index contributed by atoms with van der Waals surface area (Å²) in [5.74, 6) is 1.17. The van der Waals surface area contributed by atoms with E-state index in [0.29, 0.717) is 25.2 Å². The summed E-state index contributed by atoms with van der Waals surface area (Å²) >= 11 is 0. The number of aryl methyl sites for hydroxylation is 1. The summed E-state index contributed by atoms with van der Waals surface area (Å²) in [6.45, 7) is 2.49. The minimum absolute atomic E-state index is 0.0507. The van der Waals surface area contributed by atoms with Crippen LogP contribution in [-0.2, 0) is 16.4 Å². The largest absolute Gasteiger partial charge is 0.496 e. The topological polar surface area (TPSA) is 88.4 Å². The van der Waals surface area contributed by atoms with Gasteiger partial charge in [0.05, 0.1) is 24.2 Å². The molecule has 0 heterocycles. The second kappa shape index (κ2) is 9.22. The molecule has 2 aromatic carbocycles. The number of rotatable bonds is 9. The zero-order valence-corrected chi connectivity index (χ0v) is 15.7. The first kappa shape index (κ1) is 19.8. The molecule has 138 valence electrons. The molecule has 0 aliphatic rings. The number of nitrogens with zero attached hydrogens (tertiary/aromatic N) is 1. The van der Waals surface area contributed by atoms with E-state index in [2.05, 4.69) is 4.72 Å². The van der Waals surface area contributed by atoms with Crippen molar-refractivity contribution in [2.24, 2.45) is 0 Å². The van der Waals surface area contributed by atoms with Crippen molar-refractivity contribution in [2.75, 3.05) is 20.3 Å². The molecule has 0 spiro atoms. The highest BCUT2D eigenvalue weighted by Crippen LogP contribution is 2.22. The van der Waals surface area contributed by atoms with Crippen LogP contribution in [0.15, 0.2) is 47.4 Å². The Morgan fingerprint density at radius 2 is 1.92 bits per heavy atom. The van der Waals surface area contributed by atoms with E-state index in [0.717, 1.165) is 11.3 Å². The second-order valence-electron chi connectivity index (χ2n) is 5.52. The molecule has 0 saturated heterocycles. The van der Waals surface area contributed by atoms with Crippen molar-refractivity contribution in [2.45, 2.75) is 24.7 Å². The van der Waals surface area contributed by atoms with Crippen LogP contribution in [0.3, 0.4) is 0 Å². The fraction of sp³-hybridized carbons (Fsp3) is 0.316. The Kier molecular flexibility index (Phi) is 7.01. The lowest BCUT2D eigenvalue weighted by Crippen LogP contribution is -2.25. The van der Waals surface area contributed by atoms with E-state index in [-0.39, 0.29) is 17.0 Å². The van der Waals surface area contributed by atoms with Crippen LogP contribution in [0, 0.1) is 11.3 Å². The summed E-state index contributed by atoms with van der Waals surface area (Å²) in [7, 11) is -2.07. The van der Waals surface area contributed by atoms with Gasteiger partial charge in [0.25, 0.3) is 0 Å². The number of benzene rings is 2. The van der Waals surface area contributed by atoms with Crippen LogP contribution in [0.4, 0.5) is 0 Å². The maximum absolute atomic E-state index is 12.4. The summed E-state index contributed by atoms with van der Waals surface area (Å²) in [5.41, 5.74) is 1.23. The van der Waals surface area contributed by atoms with Crippen molar-refractivity contribution in [1.82, 2.24) is 4.72 Å². The third-order valence-corrected chi connectivity index (χ3v) is 5.25. The van der Waals surface area contributed by atoms with E-state index in [1.165, 1.54) is 18.2 Å². The summed E-state index contributed by atoms with van der Waals surface area (Å²) in [4.78, 5) is 0.0507. The van der Waals surface area contributed by atoms with Crippen LogP contribution in [0.5, 0.6) is 11.5 Å². The predicted molar refractivity (Wildman–Crippen MR) is 98.8 cm³/mol.